The highest BCUT2D eigenvalue weighted by Gasteiger charge is 2.37. The number of rotatable bonds is 6. The van der Waals surface area contributed by atoms with Gasteiger partial charge in [-0.3, -0.25) is 4.79 Å². The molecule has 1 rings (SSSR count). The van der Waals surface area contributed by atoms with Crippen molar-refractivity contribution in [3.05, 3.63) is 23.3 Å². The zero-order chi connectivity index (χ0) is 15.3. The molecule has 0 aromatic rings. The lowest BCUT2D eigenvalue weighted by molar-refractivity contribution is -0.136. The second-order valence-electron chi connectivity index (χ2n) is 7.26. The smallest absolute Gasteiger partial charge is 0.226 e. The van der Waals surface area contributed by atoms with Gasteiger partial charge in [-0.1, -0.05) is 23.3 Å². The molecule has 0 spiro atoms. The molecule has 0 unspecified atom stereocenters. The molecule has 1 fully saturated rings. The first kappa shape index (κ1) is 17.0. The fraction of sp³-hybridized carbons (Fsp3) is 0.722. The number of amides is 1. The number of allylic oxidation sites excluding steroid dienone is 3. The molecule has 2 heteroatoms. The maximum absolute atomic E-state index is 12.4. The lowest BCUT2D eigenvalue weighted by Gasteiger charge is -2.35. The average Bonchev–Trinajstić information content (AvgIpc) is 3.10. The summed E-state index contributed by atoms with van der Waals surface area (Å²) in [5, 5.41) is 0. The molecular formula is C18H31NO. The maximum atomic E-state index is 12.4. The van der Waals surface area contributed by atoms with Crippen LogP contribution in [0.2, 0.25) is 0 Å². The van der Waals surface area contributed by atoms with Crippen molar-refractivity contribution in [3.8, 4) is 0 Å². The Bertz CT molecular complexity index is 390. The van der Waals surface area contributed by atoms with E-state index in [-0.39, 0.29) is 5.54 Å². The van der Waals surface area contributed by atoms with E-state index in [0.29, 0.717) is 11.8 Å². The second-order valence-corrected chi connectivity index (χ2v) is 7.26. The zero-order valence-corrected chi connectivity index (χ0v) is 14.1. The molecule has 0 aromatic heterocycles. The molecule has 0 heterocycles. The molecule has 0 N–H and O–H groups in total. The first-order valence-electron chi connectivity index (χ1n) is 7.82. The van der Waals surface area contributed by atoms with Gasteiger partial charge in [0.15, 0.2) is 0 Å². The van der Waals surface area contributed by atoms with Gasteiger partial charge in [0.1, 0.15) is 0 Å². The summed E-state index contributed by atoms with van der Waals surface area (Å²) in [6, 6.07) is 0. The Balaban J connectivity index is 2.56. The molecule has 0 aliphatic heterocycles. The molecule has 0 atom stereocenters. The van der Waals surface area contributed by atoms with Gasteiger partial charge >= 0.3 is 0 Å². The Morgan fingerprint density at radius 3 is 2.20 bits per heavy atom. The van der Waals surface area contributed by atoms with Crippen LogP contribution in [0.1, 0.15) is 67.2 Å². The second kappa shape index (κ2) is 7.10. The van der Waals surface area contributed by atoms with E-state index in [9.17, 15) is 4.79 Å². The van der Waals surface area contributed by atoms with Crippen molar-refractivity contribution in [1.29, 1.82) is 0 Å². The Hall–Kier alpha value is -1.05. The molecule has 1 aliphatic rings. The van der Waals surface area contributed by atoms with Crippen LogP contribution >= 0.6 is 0 Å². The predicted octanol–water partition coefficient (Wildman–Crippen LogP) is 4.72. The van der Waals surface area contributed by atoms with E-state index in [0.717, 1.165) is 32.2 Å². The van der Waals surface area contributed by atoms with Crippen LogP contribution in [-0.4, -0.2) is 22.9 Å². The van der Waals surface area contributed by atoms with E-state index in [1.54, 1.807) is 0 Å². The molecule has 114 valence electrons. The van der Waals surface area contributed by atoms with E-state index >= 15 is 0 Å². The van der Waals surface area contributed by atoms with Crippen LogP contribution in [0.5, 0.6) is 0 Å². The molecule has 2 nitrogen and oxygen atoms in total. The van der Waals surface area contributed by atoms with Crippen LogP contribution in [0.25, 0.3) is 0 Å². The third-order valence-corrected chi connectivity index (χ3v) is 3.72. The van der Waals surface area contributed by atoms with E-state index in [1.807, 2.05) is 4.90 Å². The van der Waals surface area contributed by atoms with E-state index < -0.39 is 0 Å². The SMILES string of the molecule is CC(C)=CCCC(C)=CCN(C(=O)C1CC1)C(C)(C)C. The Kier molecular flexibility index (Phi) is 6.04. The summed E-state index contributed by atoms with van der Waals surface area (Å²) in [6.45, 7) is 13.6. The minimum absolute atomic E-state index is 0.0869. The van der Waals surface area contributed by atoms with E-state index in [1.165, 1.54) is 11.1 Å². The number of hydrogen-bond acceptors (Lipinski definition) is 1. The van der Waals surface area contributed by atoms with Gasteiger partial charge < -0.3 is 4.90 Å². The van der Waals surface area contributed by atoms with Crippen molar-refractivity contribution >= 4 is 5.91 Å². The Morgan fingerprint density at radius 1 is 1.15 bits per heavy atom. The van der Waals surface area contributed by atoms with Gasteiger partial charge in [0, 0.05) is 18.0 Å². The first-order valence-corrected chi connectivity index (χ1v) is 7.82. The fourth-order valence-corrected chi connectivity index (χ4v) is 2.18. The van der Waals surface area contributed by atoms with Crippen LogP contribution in [0, 0.1) is 5.92 Å². The lowest BCUT2D eigenvalue weighted by atomic mass is 10.0. The summed E-state index contributed by atoms with van der Waals surface area (Å²) in [5.41, 5.74) is 2.66. The summed E-state index contributed by atoms with van der Waals surface area (Å²) >= 11 is 0. The average molecular weight is 277 g/mol. The zero-order valence-electron chi connectivity index (χ0n) is 14.1. The van der Waals surface area contributed by atoms with Gasteiger partial charge in [0.25, 0.3) is 0 Å². The molecule has 0 radical (unpaired) electrons. The quantitative estimate of drug-likeness (QED) is 0.643. The van der Waals surface area contributed by atoms with E-state index in [2.05, 4.69) is 53.7 Å². The van der Waals surface area contributed by atoms with Crippen LogP contribution in [0.4, 0.5) is 0 Å². The standard InChI is InChI=1S/C18H31NO/c1-14(2)8-7-9-15(3)12-13-19(18(4,5)6)17(20)16-10-11-16/h8,12,16H,7,9-11,13H2,1-6H3. The fourth-order valence-electron chi connectivity index (χ4n) is 2.18. The number of carbonyl (C=O) groups is 1. The predicted molar refractivity (Wildman–Crippen MR) is 86.6 cm³/mol. The summed E-state index contributed by atoms with van der Waals surface area (Å²) in [6.07, 6.45) is 8.83. The van der Waals surface area contributed by atoms with Crippen molar-refractivity contribution in [3.63, 3.8) is 0 Å². The van der Waals surface area contributed by atoms with Crippen LogP contribution in [-0.2, 0) is 4.79 Å². The van der Waals surface area contributed by atoms with Crippen LogP contribution in [0.15, 0.2) is 23.3 Å². The molecule has 1 aliphatic carbocycles. The van der Waals surface area contributed by atoms with Gasteiger partial charge in [-0.25, -0.2) is 0 Å². The van der Waals surface area contributed by atoms with Gasteiger partial charge in [0.05, 0.1) is 0 Å². The highest BCUT2D eigenvalue weighted by molar-refractivity contribution is 5.81. The molecule has 0 bridgehead atoms. The monoisotopic (exact) mass is 277 g/mol. The molecule has 0 aromatic carbocycles. The molecule has 1 amide bonds. The molecule has 0 saturated heterocycles. The first-order chi connectivity index (χ1) is 9.21. The van der Waals surface area contributed by atoms with Crippen molar-refractivity contribution in [2.45, 2.75) is 72.8 Å². The maximum Gasteiger partial charge on any atom is 0.226 e. The van der Waals surface area contributed by atoms with E-state index in [4.69, 9.17) is 0 Å². The number of nitrogens with zero attached hydrogens (tertiary/aromatic N) is 1. The Labute approximate surface area is 124 Å². The molecule has 20 heavy (non-hydrogen) atoms. The van der Waals surface area contributed by atoms with Crippen LogP contribution in [0.3, 0.4) is 0 Å². The largest absolute Gasteiger partial charge is 0.334 e. The third kappa shape index (κ3) is 5.94. The molecular weight excluding hydrogens is 246 g/mol. The summed E-state index contributed by atoms with van der Waals surface area (Å²) in [5.74, 6) is 0.638. The van der Waals surface area contributed by atoms with Crippen molar-refractivity contribution < 1.29 is 4.79 Å². The third-order valence-electron chi connectivity index (χ3n) is 3.72. The van der Waals surface area contributed by atoms with Gasteiger partial charge in [0.2, 0.25) is 5.91 Å². The van der Waals surface area contributed by atoms with Crippen LogP contribution < -0.4 is 0 Å². The normalized spacial score (nSPS) is 16.0. The minimum atomic E-state index is -0.0869. The lowest BCUT2D eigenvalue weighted by Crippen LogP contribution is -2.46. The molecule has 1 saturated carbocycles. The minimum Gasteiger partial charge on any atom is -0.334 e. The topological polar surface area (TPSA) is 20.3 Å². The highest BCUT2D eigenvalue weighted by Crippen LogP contribution is 2.33. The van der Waals surface area contributed by atoms with Gasteiger partial charge in [-0.15, -0.1) is 0 Å². The van der Waals surface area contributed by atoms with Crippen molar-refractivity contribution in [2.75, 3.05) is 6.54 Å². The van der Waals surface area contributed by atoms with Crippen molar-refractivity contribution in [2.24, 2.45) is 5.92 Å². The Morgan fingerprint density at radius 2 is 1.75 bits per heavy atom. The number of carbonyl (C=O) groups excluding carboxylic acids is 1. The summed E-state index contributed by atoms with van der Waals surface area (Å²) < 4.78 is 0. The summed E-state index contributed by atoms with van der Waals surface area (Å²) in [4.78, 5) is 14.4. The summed E-state index contributed by atoms with van der Waals surface area (Å²) in [7, 11) is 0. The van der Waals surface area contributed by atoms with Gasteiger partial charge in [-0.05, 0) is 67.2 Å². The van der Waals surface area contributed by atoms with Crippen molar-refractivity contribution in [1.82, 2.24) is 4.90 Å². The number of hydrogen-bond donors (Lipinski definition) is 0. The highest BCUT2D eigenvalue weighted by atomic mass is 16.2. The van der Waals surface area contributed by atoms with Gasteiger partial charge in [-0.2, -0.15) is 0 Å².